The zero-order valence-corrected chi connectivity index (χ0v) is 9.30. The smallest absolute Gasteiger partial charge is 0.313 e. The summed E-state index contributed by atoms with van der Waals surface area (Å²) in [7, 11) is 0. The normalized spacial score (nSPS) is 19.6. The van der Waals surface area contributed by atoms with Gasteiger partial charge in [0.15, 0.2) is 0 Å². The summed E-state index contributed by atoms with van der Waals surface area (Å²) in [4.78, 5) is 10.5. The number of hydrogen-bond donors (Lipinski definition) is 1. The quantitative estimate of drug-likeness (QED) is 0.854. The van der Waals surface area contributed by atoms with E-state index in [1.54, 1.807) is 11.8 Å². The minimum atomic E-state index is -0.719. The third-order valence-electron chi connectivity index (χ3n) is 2.72. The number of aliphatic carboxylic acids is 1. The molecule has 0 radical (unpaired) electrons. The monoisotopic (exact) mass is 222 g/mol. The molecule has 0 saturated heterocycles. The van der Waals surface area contributed by atoms with E-state index in [0.717, 1.165) is 12.8 Å². The van der Waals surface area contributed by atoms with E-state index in [-0.39, 0.29) is 5.75 Å². The van der Waals surface area contributed by atoms with Gasteiger partial charge in [-0.3, -0.25) is 4.79 Å². The Labute approximate surface area is 93.7 Å². The molecule has 0 saturated carbocycles. The van der Waals surface area contributed by atoms with E-state index in [2.05, 4.69) is 18.2 Å². The second-order valence-corrected chi connectivity index (χ2v) is 4.98. The van der Waals surface area contributed by atoms with Gasteiger partial charge in [-0.1, -0.05) is 24.3 Å². The van der Waals surface area contributed by atoms with Crippen LogP contribution in [0.4, 0.5) is 0 Å². The van der Waals surface area contributed by atoms with Crippen LogP contribution in [0.15, 0.2) is 24.3 Å². The summed E-state index contributed by atoms with van der Waals surface area (Å²) < 4.78 is 0. The van der Waals surface area contributed by atoms with E-state index < -0.39 is 5.97 Å². The molecule has 1 atom stereocenters. The number of carboxylic acids is 1. The number of benzene rings is 1. The zero-order valence-electron chi connectivity index (χ0n) is 8.48. The maximum Gasteiger partial charge on any atom is 0.313 e. The van der Waals surface area contributed by atoms with Gasteiger partial charge in [-0.15, -0.1) is 11.8 Å². The van der Waals surface area contributed by atoms with Crippen molar-refractivity contribution in [3.05, 3.63) is 35.4 Å². The van der Waals surface area contributed by atoms with Gasteiger partial charge in [0.05, 0.1) is 5.75 Å². The van der Waals surface area contributed by atoms with E-state index in [0.29, 0.717) is 5.25 Å². The van der Waals surface area contributed by atoms with Crippen LogP contribution in [0.25, 0.3) is 0 Å². The fraction of sp³-hybridized carbons (Fsp3) is 0.417. The predicted octanol–water partition coefficient (Wildman–Crippen LogP) is 2.88. The second kappa shape index (κ2) is 4.71. The molecule has 1 aliphatic carbocycles. The largest absolute Gasteiger partial charge is 0.481 e. The van der Waals surface area contributed by atoms with Crippen LogP contribution >= 0.6 is 11.8 Å². The van der Waals surface area contributed by atoms with Gasteiger partial charge >= 0.3 is 5.97 Å². The van der Waals surface area contributed by atoms with Crippen LogP contribution in [0.1, 0.15) is 29.2 Å². The molecule has 0 spiro atoms. The first-order chi connectivity index (χ1) is 7.27. The first-order valence-corrected chi connectivity index (χ1v) is 6.23. The minimum Gasteiger partial charge on any atom is -0.481 e. The molecule has 2 nitrogen and oxygen atoms in total. The van der Waals surface area contributed by atoms with Gasteiger partial charge in [0.25, 0.3) is 0 Å². The lowest BCUT2D eigenvalue weighted by molar-refractivity contribution is -0.133. The lowest BCUT2D eigenvalue weighted by Gasteiger charge is -2.24. The molecule has 0 aromatic heterocycles. The van der Waals surface area contributed by atoms with Crippen molar-refractivity contribution < 1.29 is 9.90 Å². The standard InChI is InChI=1S/C12H14O2S/c13-12(14)8-15-11-7-3-5-9-4-1-2-6-10(9)11/h1-2,4,6,11H,3,5,7-8H2,(H,13,14). The molecular weight excluding hydrogens is 208 g/mol. The van der Waals surface area contributed by atoms with Crippen LogP contribution in [0, 0.1) is 0 Å². The van der Waals surface area contributed by atoms with Gasteiger partial charge in [-0.05, 0) is 30.4 Å². The zero-order chi connectivity index (χ0) is 10.7. The van der Waals surface area contributed by atoms with Crippen molar-refractivity contribution >= 4 is 17.7 Å². The topological polar surface area (TPSA) is 37.3 Å². The Morgan fingerprint density at radius 3 is 3.07 bits per heavy atom. The first kappa shape index (κ1) is 10.6. The molecule has 0 heterocycles. The van der Waals surface area contributed by atoms with Crippen LogP contribution in [0.3, 0.4) is 0 Å². The summed E-state index contributed by atoms with van der Waals surface area (Å²) >= 11 is 1.55. The molecular formula is C12H14O2S. The molecule has 1 unspecified atom stereocenters. The Hall–Kier alpha value is -0.960. The van der Waals surface area contributed by atoms with Crippen LogP contribution < -0.4 is 0 Å². The fourth-order valence-electron chi connectivity index (χ4n) is 2.05. The minimum absolute atomic E-state index is 0.207. The highest BCUT2D eigenvalue weighted by Gasteiger charge is 2.20. The van der Waals surface area contributed by atoms with Crippen molar-refractivity contribution in [1.82, 2.24) is 0 Å². The molecule has 0 fully saturated rings. The van der Waals surface area contributed by atoms with Crippen LogP contribution in [-0.2, 0) is 11.2 Å². The maximum atomic E-state index is 10.5. The first-order valence-electron chi connectivity index (χ1n) is 5.18. The molecule has 1 aromatic rings. The van der Waals surface area contributed by atoms with E-state index in [1.807, 2.05) is 6.07 Å². The summed E-state index contributed by atoms with van der Waals surface area (Å²) in [5.41, 5.74) is 2.74. The highest BCUT2D eigenvalue weighted by atomic mass is 32.2. The van der Waals surface area contributed by atoms with Crippen molar-refractivity contribution in [2.24, 2.45) is 0 Å². The lowest BCUT2D eigenvalue weighted by atomic mass is 9.91. The van der Waals surface area contributed by atoms with E-state index >= 15 is 0 Å². The van der Waals surface area contributed by atoms with E-state index in [1.165, 1.54) is 17.5 Å². The highest BCUT2D eigenvalue weighted by molar-refractivity contribution is 8.00. The highest BCUT2D eigenvalue weighted by Crippen LogP contribution is 2.39. The second-order valence-electron chi connectivity index (χ2n) is 3.78. The third-order valence-corrected chi connectivity index (χ3v) is 4.03. The number of fused-ring (bicyclic) bond motifs is 1. The molecule has 0 bridgehead atoms. The Balaban J connectivity index is 2.11. The number of carboxylic acid groups (broad SMARTS) is 1. The molecule has 1 N–H and O–H groups in total. The summed E-state index contributed by atoms with van der Waals surface area (Å²) in [5, 5.41) is 9.05. The molecule has 2 rings (SSSR count). The van der Waals surface area contributed by atoms with Gasteiger partial charge in [0.1, 0.15) is 0 Å². The van der Waals surface area contributed by atoms with Crippen molar-refractivity contribution in [2.45, 2.75) is 24.5 Å². The third kappa shape index (κ3) is 2.53. The molecule has 0 amide bonds. The van der Waals surface area contributed by atoms with Crippen LogP contribution in [0.2, 0.25) is 0 Å². The van der Waals surface area contributed by atoms with Gasteiger partial charge in [-0.2, -0.15) is 0 Å². The Morgan fingerprint density at radius 2 is 2.27 bits per heavy atom. The van der Waals surface area contributed by atoms with Crippen molar-refractivity contribution in [3.8, 4) is 0 Å². The van der Waals surface area contributed by atoms with Crippen LogP contribution in [-0.4, -0.2) is 16.8 Å². The number of carbonyl (C=O) groups is 1. The summed E-state index contributed by atoms with van der Waals surface area (Å²) in [6, 6.07) is 8.39. The van der Waals surface area contributed by atoms with Gasteiger partial charge in [0, 0.05) is 5.25 Å². The summed E-state index contributed by atoms with van der Waals surface area (Å²) in [5.74, 6) is -0.512. The average Bonchev–Trinajstić information content (AvgIpc) is 2.26. The predicted molar refractivity (Wildman–Crippen MR) is 62.2 cm³/mol. The number of aryl methyl sites for hydroxylation is 1. The van der Waals surface area contributed by atoms with Gasteiger partial charge < -0.3 is 5.11 Å². The molecule has 3 heteroatoms. The van der Waals surface area contributed by atoms with E-state index in [4.69, 9.17) is 5.11 Å². The van der Waals surface area contributed by atoms with Crippen LogP contribution in [0.5, 0.6) is 0 Å². The Morgan fingerprint density at radius 1 is 1.47 bits per heavy atom. The van der Waals surface area contributed by atoms with Crippen molar-refractivity contribution in [2.75, 3.05) is 5.75 Å². The van der Waals surface area contributed by atoms with Gasteiger partial charge in [0.2, 0.25) is 0 Å². The van der Waals surface area contributed by atoms with Crippen molar-refractivity contribution in [1.29, 1.82) is 0 Å². The number of thioether (sulfide) groups is 1. The molecule has 15 heavy (non-hydrogen) atoms. The molecule has 80 valence electrons. The molecule has 1 aliphatic rings. The number of rotatable bonds is 3. The molecule has 1 aromatic carbocycles. The van der Waals surface area contributed by atoms with E-state index in [9.17, 15) is 4.79 Å². The van der Waals surface area contributed by atoms with Gasteiger partial charge in [-0.25, -0.2) is 0 Å². The maximum absolute atomic E-state index is 10.5. The summed E-state index contributed by atoms with van der Waals surface area (Å²) in [6.07, 6.45) is 3.42. The summed E-state index contributed by atoms with van der Waals surface area (Å²) in [6.45, 7) is 0. The average molecular weight is 222 g/mol. The molecule has 0 aliphatic heterocycles. The van der Waals surface area contributed by atoms with Crippen molar-refractivity contribution in [3.63, 3.8) is 0 Å². The Bertz CT molecular complexity index is 362. The fourth-order valence-corrected chi connectivity index (χ4v) is 3.14. The Kier molecular flexibility index (Phi) is 3.31. The SMILES string of the molecule is O=C(O)CSC1CCCc2ccccc21. The lowest BCUT2D eigenvalue weighted by Crippen LogP contribution is -2.09. The number of hydrogen-bond acceptors (Lipinski definition) is 2.